The van der Waals surface area contributed by atoms with Crippen molar-refractivity contribution in [1.29, 1.82) is 0 Å². The maximum absolute atomic E-state index is 11.6. The van der Waals surface area contributed by atoms with Crippen molar-refractivity contribution in [3.8, 4) is 11.5 Å². The van der Waals surface area contributed by atoms with Crippen LogP contribution in [0.5, 0.6) is 11.5 Å². The van der Waals surface area contributed by atoms with Gasteiger partial charge in [-0.15, -0.1) is 0 Å². The summed E-state index contributed by atoms with van der Waals surface area (Å²) in [6.45, 7) is 0.339. The van der Waals surface area contributed by atoms with Gasteiger partial charge in [-0.3, -0.25) is 4.79 Å². The van der Waals surface area contributed by atoms with E-state index in [1.165, 1.54) is 0 Å². The largest absolute Gasteiger partial charge is 0.493 e. The summed E-state index contributed by atoms with van der Waals surface area (Å²) in [6, 6.07) is 16.8. The predicted octanol–water partition coefficient (Wildman–Crippen LogP) is 4.67. The first-order valence-corrected chi connectivity index (χ1v) is 8.82. The normalized spacial score (nSPS) is 23.0. The number of aliphatic carboxylic acids is 1. The molecule has 0 aliphatic heterocycles. The van der Waals surface area contributed by atoms with Gasteiger partial charge >= 0.3 is 5.97 Å². The van der Waals surface area contributed by atoms with Crippen molar-refractivity contribution in [2.24, 2.45) is 11.8 Å². The Kier molecular flexibility index (Phi) is 5.82. The van der Waals surface area contributed by atoms with Crippen molar-refractivity contribution in [3.05, 3.63) is 59.6 Å². The summed E-state index contributed by atoms with van der Waals surface area (Å²) in [5, 5.41) is 10.1. The van der Waals surface area contributed by atoms with E-state index in [0.29, 0.717) is 30.2 Å². The summed E-state index contributed by atoms with van der Waals surface area (Å²) in [5.74, 6) is 0.199. The highest BCUT2D eigenvalue weighted by Crippen LogP contribution is 2.33. The molecule has 2 aromatic carbocycles. The minimum Gasteiger partial charge on any atom is -0.493 e. The van der Waals surface area contributed by atoms with Crippen LogP contribution in [0.3, 0.4) is 0 Å². The molecule has 1 aliphatic rings. The fourth-order valence-corrected chi connectivity index (χ4v) is 3.47. The summed E-state index contributed by atoms with van der Waals surface area (Å²) >= 11 is 5.96. The Balaban J connectivity index is 1.63. The van der Waals surface area contributed by atoms with Crippen LogP contribution in [0.4, 0.5) is 0 Å². The Morgan fingerprint density at radius 1 is 1.08 bits per heavy atom. The second kappa shape index (κ2) is 8.26. The zero-order chi connectivity index (χ0) is 17.6. The van der Waals surface area contributed by atoms with Crippen LogP contribution in [0.15, 0.2) is 54.6 Å². The first-order valence-electron chi connectivity index (χ1n) is 8.44. The quantitative estimate of drug-likeness (QED) is 0.813. The molecule has 1 fully saturated rings. The molecular weight excluding hydrogens is 340 g/mol. The first kappa shape index (κ1) is 17.6. The molecule has 3 rings (SSSR count). The van der Waals surface area contributed by atoms with Crippen LogP contribution < -0.4 is 9.47 Å². The third-order valence-electron chi connectivity index (χ3n) is 4.56. The Hall–Kier alpha value is -2.20. The van der Waals surface area contributed by atoms with E-state index in [2.05, 4.69) is 0 Å². The molecule has 0 bridgehead atoms. The second-order valence-electron chi connectivity index (χ2n) is 6.34. The van der Waals surface area contributed by atoms with Crippen LogP contribution in [0.2, 0.25) is 5.02 Å². The van der Waals surface area contributed by atoms with Crippen molar-refractivity contribution in [2.45, 2.75) is 25.4 Å². The molecule has 0 aromatic heterocycles. The molecule has 0 amide bonds. The van der Waals surface area contributed by atoms with Gasteiger partial charge in [0, 0.05) is 10.9 Å². The molecule has 1 saturated carbocycles. The van der Waals surface area contributed by atoms with E-state index >= 15 is 0 Å². The lowest BCUT2D eigenvalue weighted by Gasteiger charge is -2.34. The van der Waals surface area contributed by atoms with Crippen LogP contribution >= 0.6 is 11.6 Å². The molecule has 132 valence electrons. The number of benzene rings is 2. The van der Waals surface area contributed by atoms with Crippen molar-refractivity contribution in [3.63, 3.8) is 0 Å². The van der Waals surface area contributed by atoms with E-state index in [-0.39, 0.29) is 12.0 Å². The Labute approximate surface area is 152 Å². The monoisotopic (exact) mass is 360 g/mol. The molecule has 4 nitrogen and oxygen atoms in total. The molecule has 25 heavy (non-hydrogen) atoms. The van der Waals surface area contributed by atoms with E-state index in [0.717, 1.165) is 12.2 Å². The molecule has 3 atom stereocenters. The summed E-state index contributed by atoms with van der Waals surface area (Å²) in [7, 11) is 0. The molecule has 0 radical (unpaired) electrons. The summed E-state index contributed by atoms with van der Waals surface area (Å²) in [6.07, 6.45) is 1.99. The number of hydrogen-bond donors (Lipinski definition) is 1. The lowest BCUT2D eigenvalue weighted by molar-refractivity contribution is -0.146. The lowest BCUT2D eigenvalue weighted by Crippen LogP contribution is -2.38. The number of para-hydroxylation sites is 1. The van der Waals surface area contributed by atoms with Crippen LogP contribution in [0, 0.1) is 11.8 Å². The van der Waals surface area contributed by atoms with Gasteiger partial charge in [0.15, 0.2) is 0 Å². The average Bonchev–Trinajstić information content (AvgIpc) is 2.61. The number of rotatable bonds is 6. The minimum absolute atomic E-state index is 0.00552. The number of hydrogen-bond acceptors (Lipinski definition) is 3. The van der Waals surface area contributed by atoms with Crippen LogP contribution in [0.25, 0.3) is 0 Å². The third-order valence-corrected chi connectivity index (χ3v) is 4.79. The molecule has 1 aliphatic carbocycles. The van der Waals surface area contributed by atoms with Crippen molar-refractivity contribution in [1.82, 2.24) is 0 Å². The van der Waals surface area contributed by atoms with E-state index in [1.807, 2.05) is 42.5 Å². The zero-order valence-electron chi connectivity index (χ0n) is 13.8. The fourth-order valence-electron chi connectivity index (χ4n) is 3.29. The van der Waals surface area contributed by atoms with Crippen LogP contribution in [-0.2, 0) is 4.79 Å². The number of halogens is 1. The molecule has 0 saturated heterocycles. The number of ether oxygens (including phenoxy) is 2. The van der Waals surface area contributed by atoms with Gasteiger partial charge in [-0.25, -0.2) is 0 Å². The highest BCUT2D eigenvalue weighted by Gasteiger charge is 2.36. The number of carboxylic acids is 1. The SMILES string of the molecule is O=C(O)[C@@H]1CC[C@H](Oc2ccccc2)C[C@@H]1COc1cccc(Cl)c1. The minimum atomic E-state index is -0.766. The van der Waals surface area contributed by atoms with Gasteiger partial charge < -0.3 is 14.6 Å². The average molecular weight is 361 g/mol. The van der Waals surface area contributed by atoms with E-state index in [4.69, 9.17) is 21.1 Å². The molecule has 0 spiro atoms. The smallest absolute Gasteiger partial charge is 0.306 e. The van der Waals surface area contributed by atoms with Crippen LogP contribution in [0.1, 0.15) is 19.3 Å². The van der Waals surface area contributed by atoms with Crippen LogP contribution in [-0.4, -0.2) is 23.8 Å². The predicted molar refractivity (Wildman–Crippen MR) is 96.3 cm³/mol. The maximum Gasteiger partial charge on any atom is 0.306 e. The molecule has 0 heterocycles. The molecule has 2 aromatic rings. The van der Waals surface area contributed by atoms with Gasteiger partial charge in [0.25, 0.3) is 0 Å². The Morgan fingerprint density at radius 3 is 2.56 bits per heavy atom. The Morgan fingerprint density at radius 2 is 1.84 bits per heavy atom. The fraction of sp³-hybridized carbons (Fsp3) is 0.350. The van der Waals surface area contributed by atoms with Crippen molar-refractivity contribution in [2.75, 3.05) is 6.61 Å². The maximum atomic E-state index is 11.6. The van der Waals surface area contributed by atoms with E-state index < -0.39 is 11.9 Å². The number of carbonyl (C=O) groups is 1. The zero-order valence-corrected chi connectivity index (χ0v) is 14.6. The van der Waals surface area contributed by atoms with E-state index in [1.54, 1.807) is 12.1 Å². The highest BCUT2D eigenvalue weighted by molar-refractivity contribution is 6.30. The summed E-state index contributed by atoms with van der Waals surface area (Å²) in [4.78, 5) is 11.6. The van der Waals surface area contributed by atoms with Crippen molar-refractivity contribution >= 4 is 17.6 Å². The number of carboxylic acid groups (broad SMARTS) is 1. The van der Waals surface area contributed by atoms with Gasteiger partial charge in [-0.05, 0) is 49.6 Å². The van der Waals surface area contributed by atoms with Gasteiger partial charge in [-0.1, -0.05) is 35.9 Å². The molecule has 5 heteroatoms. The van der Waals surface area contributed by atoms with Gasteiger partial charge in [0.1, 0.15) is 11.5 Å². The molecule has 0 unspecified atom stereocenters. The first-order chi connectivity index (χ1) is 12.1. The van der Waals surface area contributed by atoms with Gasteiger partial charge in [0.2, 0.25) is 0 Å². The standard InChI is InChI=1S/C20H21ClO4/c21-15-5-4-8-17(12-15)24-13-14-11-18(9-10-19(14)20(22)23)25-16-6-2-1-3-7-16/h1-8,12,14,18-19H,9-11,13H2,(H,22,23)/t14-,18+,19-/m1/s1. The highest BCUT2D eigenvalue weighted by atomic mass is 35.5. The molecular formula is C20H21ClO4. The third kappa shape index (κ3) is 4.89. The lowest BCUT2D eigenvalue weighted by atomic mass is 9.78. The summed E-state index contributed by atoms with van der Waals surface area (Å²) in [5.41, 5.74) is 0. The Bertz CT molecular complexity index is 704. The topological polar surface area (TPSA) is 55.8 Å². The van der Waals surface area contributed by atoms with Gasteiger partial charge in [-0.2, -0.15) is 0 Å². The second-order valence-corrected chi connectivity index (χ2v) is 6.78. The van der Waals surface area contributed by atoms with E-state index in [9.17, 15) is 9.90 Å². The summed E-state index contributed by atoms with van der Waals surface area (Å²) < 4.78 is 11.8. The molecule has 1 N–H and O–H groups in total. The van der Waals surface area contributed by atoms with Crippen molar-refractivity contribution < 1.29 is 19.4 Å². The van der Waals surface area contributed by atoms with Gasteiger partial charge in [0.05, 0.1) is 18.6 Å².